The van der Waals surface area contributed by atoms with Crippen molar-refractivity contribution in [2.75, 3.05) is 27.3 Å². The van der Waals surface area contributed by atoms with E-state index in [9.17, 15) is 13.2 Å². The van der Waals surface area contributed by atoms with Crippen molar-refractivity contribution in [3.63, 3.8) is 0 Å². The first-order chi connectivity index (χ1) is 12.9. The number of nitrogens with zero attached hydrogens (tertiary/aromatic N) is 1. The Morgan fingerprint density at radius 1 is 1.18 bits per heavy atom. The average Bonchev–Trinajstić information content (AvgIpc) is 2.66. The normalized spacial score (nSPS) is 20.2. The Kier molecular flexibility index (Phi) is 10.9. The molecule has 1 saturated carbocycles. The second-order valence-corrected chi connectivity index (χ2v) is 6.60. The molecule has 9 heteroatoms. The number of rotatable bonds is 7. The maximum Gasteiger partial charge on any atom is 0.391 e. The monoisotopic (exact) mass is 515 g/mol. The summed E-state index contributed by atoms with van der Waals surface area (Å²) in [5.74, 6) is 0.206. The van der Waals surface area contributed by atoms with E-state index in [0.29, 0.717) is 38.6 Å². The van der Waals surface area contributed by atoms with Crippen molar-refractivity contribution in [1.82, 2.24) is 10.6 Å². The highest BCUT2D eigenvalue weighted by atomic mass is 127. The van der Waals surface area contributed by atoms with Crippen molar-refractivity contribution in [1.29, 1.82) is 0 Å². The quantitative estimate of drug-likeness (QED) is 0.249. The van der Waals surface area contributed by atoms with E-state index in [1.807, 2.05) is 24.3 Å². The van der Waals surface area contributed by atoms with Crippen molar-refractivity contribution in [2.45, 2.75) is 44.5 Å². The minimum atomic E-state index is -4.08. The van der Waals surface area contributed by atoms with Crippen LogP contribution in [0.15, 0.2) is 29.3 Å². The van der Waals surface area contributed by atoms with E-state index < -0.39 is 12.1 Å². The summed E-state index contributed by atoms with van der Waals surface area (Å²) in [6.07, 6.45) is -2.76. The third-order valence-electron chi connectivity index (χ3n) is 4.74. The van der Waals surface area contributed by atoms with Gasteiger partial charge in [0.25, 0.3) is 0 Å². The molecule has 0 aliphatic heterocycles. The predicted octanol–water partition coefficient (Wildman–Crippen LogP) is 4.12. The van der Waals surface area contributed by atoms with Crippen LogP contribution in [0.4, 0.5) is 13.2 Å². The smallest absolute Gasteiger partial charge is 0.391 e. The molecule has 0 spiro atoms. The van der Waals surface area contributed by atoms with Gasteiger partial charge in [0.2, 0.25) is 0 Å². The molecule has 1 aliphatic carbocycles. The number of halogens is 4. The van der Waals surface area contributed by atoms with E-state index in [4.69, 9.17) is 9.47 Å². The number of hydrogen-bond donors (Lipinski definition) is 2. The van der Waals surface area contributed by atoms with Gasteiger partial charge in [-0.3, -0.25) is 4.99 Å². The molecule has 0 aromatic heterocycles. The van der Waals surface area contributed by atoms with E-state index in [1.165, 1.54) is 0 Å². The molecule has 2 rings (SSSR count). The number of para-hydroxylation sites is 1. The molecule has 0 bridgehead atoms. The number of guanidine groups is 1. The minimum Gasteiger partial charge on any atom is -0.496 e. The summed E-state index contributed by atoms with van der Waals surface area (Å²) < 4.78 is 49.1. The lowest BCUT2D eigenvalue weighted by atomic mass is 9.85. The van der Waals surface area contributed by atoms with E-state index in [2.05, 4.69) is 15.6 Å². The van der Waals surface area contributed by atoms with Crippen molar-refractivity contribution >= 4 is 29.9 Å². The Bertz CT molecular complexity index is 606. The maximum absolute atomic E-state index is 12.7. The Morgan fingerprint density at radius 3 is 2.46 bits per heavy atom. The molecule has 28 heavy (non-hydrogen) atoms. The fraction of sp³-hybridized carbons (Fsp3) is 0.632. The highest BCUT2D eigenvalue weighted by molar-refractivity contribution is 14.0. The molecule has 0 radical (unpaired) electrons. The largest absolute Gasteiger partial charge is 0.496 e. The Balaban J connectivity index is 0.00000392. The first kappa shape index (κ1) is 24.8. The fourth-order valence-electron chi connectivity index (χ4n) is 3.20. The molecule has 5 nitrogen and oxygen atoms in total. The number of nitrogens with one attached hydrogen (secondary N) is 2. The average molecular weight is 515 g/mol. The topological polar surface area (TPSA) is 54.9 Å². The van der Waals surface area contributed by atoms with Gasteiger partial charge in [-0.05, 0) is 31.7 Å². The molecular formula is C19H29F3IN3O2. The van der Waals surface area contributed by atoms with Crippen molar-refractivity contribution < 1.29 is 22.6 Å². The summed E-state index contributed by atoms with van der Waals surface area (Å²) in [4.78, 5) is 4.13. The van der Waals surface area contributed by atoms with E-state index in [1.54, 1.807) is 14.2 Å². The summed E-state index contributed by atoms with van der Waals surface area (Å²) in [5, 5.41) is 6.33. The highest BCUT2D eigenvalue weighted by Gasteiger charge is 2.41. The SMILES string of the molecule is CN=C(NCCOCc1ccccc1OC)NC1CCC(C(F)(F)F)CC1.I. The van der Waals surface area contributed by atoms with Gasteiger partial charge in [-0.2, -0.15) is 13.2 Å². The summed E-state index contributed by atoms with van der Waals surface area (Å²) in [6, 6.07) is 7.69. The second-order valence-electron chi connectivity index (χ2n) is 6.60. The molecule has 0 saturated heterocycles. The molecule has 0 atom stereocenters. The van der Waals surface area contributed by atoms with Gasteiger partial charge in [-0.1, -0.05) is 18.2 Å². The molecule has 160 valence electrons. The van der Waals surface area contributed by atoms with Crippen LogP contribution in [0.5, 0.6) is 5.75 Å². The molecule has 0 unspecified atom stereocenters. The van der Waals surface area contributed by atoms with Crippen LogP contribution in [0.1, 0.15) is 31.2 Å². The van der Waals surface area contributed by atoms with Crippen molar-refractivity contribution in [3.05, 3.63) is 29.8 Å². The van der Waals surface area contributed by atoms with Gasteiger partial charge in [0.1, 0.15) is 5.75 Å². The predicted molar refractivity (Wildman–Crippen MR) is 114 cm³/mol. The lowest BCUT2D eigenvalue weighted by Gasteiger charge is -2.31. The third kappa shape index (κ3) is 8.02. The molecule has 1 aliphatic rings. The zero-order valence-electron chi connectivity index (χ0n) is 16.2. The second kappa shape index (κ2) is 12.4. The number of methoxy groups -OCH3 is 1. The summed E-state index contributed by atoms with van der Waals surface area (Å²) in [6.45, 7) is 1.46. The molecule has 0 heterocycles. The molecule has 0 amide bonds. The van der Waals surface area contributed by atoms with Gasteiger partial charge < -0.3 is 20.1 Å². The minimum absolute atomic E-state index is 0. The molecule has 1 aromatic rings. The number of hydrogen-bond acceptors (Lipinski definition) is 3. The first-order valence-electron chi connectivity index (χ1n) is 9.17. The highest BCUT2D eigenvalue weighted by Crippen LogP contribution is 2.37. The Morgan fingerprint density at radius 2 is 1.86 bits per heavy atom. The maximum atomic E-state index is 12.7. The standard InChI is InChI=1S/C19H28F3N3O2.HI/c1-23-18(25-16-9-7-15(8-10-16)19(20,21)22)24-11-12-27-13-14-5-3-4-6-17(14)26-2;/h3-6,15-16H,7-13H2,1-2H3,(H2,23,24,25);1H. The number of alkyl halides is 3. The van der Waals surface area contributed by atoms with Crippen LogP contribution in [0, 0.1) is 5.92 Å². The third-order valence-corrected chi connectivity index (χ3v) is 4.74. The summed E-state index contributed by atoms with van der Waals surface area (Å²) in [5.41, 5.74) is 0.976. The summed E-state index contributed by atoms with van der Waals surface area (Å²) >= 11 is 0. The lowest BCUT2D eigenvalue weighted by Crippen LogP contribution is -2.46. The van der Waals surface area contributed by atoms with Crippen LogP contribution in [-0.2, 0) is 11.3 Å². The zero-order chi connectivity index (χ0) is 19.7. The molecule has 1 fully saturated rings. The molecule has 1 aromatic carbocycles. The van der Waals surface area contributed by atoms with Crippen LogP contribution in [0.25, 0.3) is 0 Å². The van der Waals surface area contributed by atoms with Crippen LogP contribution in [-0.4, -0.2) is 45.5 Å². The Labute approximate surface area is 181 Å². The van der Waals surface area contributed by atoms with Gasteiger partial charge in [-0.25, -0.2) is 0 Å². The van der Waals surface area contributed by atoms with Gasteiger partial charge >= 0.3 is 6.18 Å². The Hall–Kier alpha value is -1.23. The van der Waals surface area contributed by atoms with E-state index >= 15 is 0 Å². The van der Waals surface area contributed by atoms with Crippen LogP contribution in [0.3, 0.4) is 0 Å². The van der Waals surface area contributed by atoms with E-state index in [-0.39, 0.29) is 42.9 Å². The number of ether oxygens (including phenoxy) is 2. The first-order valence-corrected chi connectivity index (χ1v) is 9.17. The van der Waals surface area contributed by atoms with Crippen LogP contribution < -0.4 is 15.4 Å². The number of benzene rings is 1. The van der Waals surface area contributed by atoms with E-state index in [0.717, 1.165) is 11.3 Å². The zero-order valence-corrected chi connectivity index (χ0v) is 18.6. The van der Waals surface area contributed by atoms with Crippen LogP contribution in [0.2, 0.25) is 0 Å². The van der Waals surface area contributed by atoms with Crippen molar-refractivity contribution in [3.8, 4) is 5.75 Å². The number of aliphatic imine (C=N–C) groups is 1. The molecular weight excluding hydrogens is 486 g/mol. The van der Waals surface area contributed by atoms with Gasteiger partial charge in [0, 0.05) is 25.2 Å². The molecule has 2 N–H and O–H groups in total. The summed E-state index contributed by atoms with van der Waals surface area (Å²) in [7, 11) is 3.27. The van der Waals surface area contributed by atoms with Gasteiger partial charge in [-0.15, -0.1) is 24.0 Å². The van der Waals surface area contributed by atoms with Crippen molar-refractivity contribution in [2.24, 2.45) is 10.9 Å². The van der Waals surface area contributed by atoms with Gasteiger partial charge in [0.15, 0.2) is 5.96 Å². The van der Waals surface area contributed by atoms with Crippen LogP contribution >= 0.6 is 24.0 Å². The van der Waals surface area contributed by atoms with Gasteiger partial charge in [0.05, 0.1) is 26.2 Å². The lowest BCUT2D eigenvalue weighted by molar-refractivity contribution is -0.182. The fourth-order valence-corrected chi connectivity index (χ4v) is 3.20.